The molecule has 1 amide bonds. The van der Waals surface area contributed by atoms with Gasteiger partial charge in [0.05, 0.1) is 6.54 Å². The van der Waals surface area contributed by atoms with Crippen molar-refractivity contribution in [3.63, 3.8) is 0 Å². The minimum atomic E-state index is 0.203. The molecule has 0 unspecified atom stereocenters. The third-order valence-corrected chi connectivity index (χ3v) is 2.44. The number of hydrogen-bond acceptors (Lipinski definition) is 2. The van der Waals surface area contributed by atoms with Crippen LogP contribution < -0.4 is 5.32 Å². The average molecular weight is 214 g/mol. The highest BCUT2D eigenvalue weighted by atomic mass is 16.2. The summed E-state index contributed by atoms with van der Waals surface area (Å²) in [6.45, 7) is 13.6. The SMILES string of the molecule is CCN(CC)C(=O)CNCCC(C)(C)C. The quantitative estimate of drug-likeness (QED) is 0.685. The number of rotatable bonds is 6. The van der Waals surface area contributed by atoms with Gasteiger partial charge in [-0.25, -0.2) is 0 Å². The first-order chi connectivity index (χ1) is 6.90. The van der Waals surface area contributed by atoms with E-state index >= 15 is 0 Å². The molecule has 0 atom stereocenters. The minimum absolute atomic E-state index is 0.203. The van der Waals surface area contributed by atoms with Gasteiger partial charge in [0.2, 0.25) is 5.91 Å². The van der Waals surface area contributed by atoms with E-state index in [0.717, 1.165) is 26.1 Å². The lowest BCUT2D eigenvalue weighted by molar-refractivity contribution is -0.129. The Bertz CT molecular complexity index is 181. The fourth-order valence-corrected chi connectivity index (χ4v) is 1.35. The monoisotopic (exact) mass is 214 g/mol. The molecule has 0 saturated carbocycles. The lowest BCUT2D eigenvalue weighted by Gasteiger charge is -2.21. The predicted octanol–water partition coefficient (Wildman–Crippen LogP) is 1.88. The molecule has 90 valence electrons. The van der Waals surface area contributed by atoms with Crippen LogP contribution in [0.5, 0.6) is 0 Å². The molecule has 0 rings (SSSR count). The van der Waals surface area contributed by atoms with Crippen LogP contribution in [0.3, 0.4) is 0 Å². The molecule has 0 aromatic heterocycles. The second-order valence-electron chi connectivity index (χ2n) is 5.05. The van der Waals surface area contributed by atoms with Crippen LogP contribution in [0.1, 0.15) is 41.0 Å². The molecule has 0 aliphatic heterocycles. The van der Waals surface area contributed by atoms with Crippen LogP contribution in [0.15, 0.2) is 0 Å². The van der Waals surface area contributed by atoms with Crippen LogP contribution in [-0.4, -0.2) is 37.0 Å². The van der Waals surface area contributed by atoms with Crippen LogP contribution in [0.25, 0.3) is 0 Å². The third-order valence-electron chi connectivity index (χ3n) is 2.44. The zero-order valence-electron chi connectivity index (χ0n) is 10.9. The lowest BCUT2D eigenvalue weighted by Crippen LogP contribution is -2.38. The normalized spacial score (nSPS) is 11.5. The van der Waals surface area contributed by atoms with E-state index in [9.17, 15) is 4.79 Å². The zero-order chi connectivity index (χ0) is 11.9. The number of amides is 1. The summed E-state index contributed by atoms with van der Waals surface area (Å²) in [5.41, 5.74) is 0.339. The number of carbonyl (C=O) groups is 1. The standard InChI is InChI=1S/C12H26N2O/c1-6-14(7-2)11(15)10-13-9-8-12(3,4)5/h13H,6-10H2,1-5H3. The molecule has 0 heterocycles. The van der Waals surface area contributed by atoms with Crippen molar-refractivity contribution in [1.29, 1.82) is 0 Å². The van der Waals surface area contributed by atoms with Crippen LogP contribution in [0.2, 0.25) is 0 Å². The van der Waals surface area contributed by atoms with Gasteiger partial charge in [-0.05, 0) is 32.2 Å². The van der Waals surface area contributed by atoms with E-state index in [-0.39, 0.29) is 5.91 Å². The Hall–Kier alpha value is -0.570. The van der Waals surface area contributed by atoms with Gasteiger partial charge in [-0.3, -0.25) is 4.79 Å². The first-order valence-electron chi connectivity index (χ1n) is 5.89. The summed E-state index contributed by atoms with van der Waals surface area (Å²) in [4.78, 5) is 13.4. The van der Waals surface area contributed by atoms with Crippen molar-refractivity contribution in [2.45, 2.75) is 41.0 Å². The van der Waals surface area contributed by atoms with E-state index in [1.807, 2.05) is 18.7 Å². The van der Waals surface area contributed by atoms with Gasteiger partial charge in [0.1, 0.15) is 0 Å². The number of carbonyl (C=O) groups excluding carboxylic acids is 1. The van der Waals surface area contributed by atoms with Crippen molar-refractivity contribution in [1.82, 2.24) is 10.2 Å². The van der Waals surface area contributed by atoms with E-state index in [4.69, 9.17) is 0 Å². The second-order valence-corrected chi connectivity index (χ2v) is 5.05. The molecule has 0 aliphatic carbocycles. The van der Waals surface area contributed by atoms with Gasteiger partial charge in [-0.2, -0.15) is 0 Å². The van der Waals surface area contributed by atoms with E-state index in [2.05, 4.69) is 26.1 Å². The number of hydrogen-bond donors (Lipinski definition) is 1. The van der Waals surface area contributed by atoms with Crippen LogP contribution in [-0.2, 0) is 4.79 Å². The van der Waals surface area contributed by atoms with Gasteiger partial charge in [-0.1, -0.05) is 20.8 Å². The molecule has 0 aliphatic rings. The fraction of sp³-hybridized carbons (Fsp3) is 0.917. The van der Waals surface area contributed by atoms with E-state index in [1.54, 1.807) is 0 Å². The smallest absolute Gasteiger partial charge is 0.236 e. The molecular formula is C12H26N2O. The van der Waals surface area contributed by atoms with Gasteiger partial charge < -0.3 is 10.2 Å². The van der Waals surface area contributed by atoms with Crippen molar-refractivity contribution >= 4 is 5.91 Å². The van der Waals surface area contributed by atoms with Gasteiger partial charge in [0.15, 0.2) is 0 Å². The summed E-state index contributed by atoms with van der Waals surface area (Å²) in [6, 6.07) is 0. The second kappa shape index (κ2) is 6.83. The highest BCUT2D eigenvalue weighted by Gasteiger charge is 2.11. The molecule has 0 saturated heterocycles. The molecule has 0 spiro atoms. The molecule has 0 fully saturated rings. The summed E-state index contributed by atoms with van der Waals surface area (Å²) < 4.78 is 0. The average Bonchev–Trinajstić information content (AvgIpc) is 2.13. The number of nitrogens with one attached hydrogen (secondary N) is 1. The topological polar surface area (TPSA) is 32.3 Å². The summed E-state index contributed by atoms with van der Waals surface area (Å²) in [5, 5.41) is 3.20. The van der Waals surface area contributed by atoms with Crippen molar-refractivity contribution < 1.29 is 4.79 Å². The maximum absolute atomic E-state index is 11.6. The summed E-state index contributed by atoms with van der Waals surface area (Å²) in [7, 11) is 0. The lowest BCUT2D eigenvalue weighted by atomic mass is 9.92. The predicted molar refractivity (Wildman–Crippen MR) is 64.9 cm³/mol. The van der Waals surface area contributed by atoms with Crippen molar-refractivity contribution in [2.24, 2.45) is 5.41 Å². The molecule has 0 radical (unpaired) electrons. The molecule has 0 aromatic carbocycles. The highest BCUT2D eigenvalue weighted by molar-refractivity contribution is 5.78. The molecule has 1 N–H and O–H groups in total. The molecule has 0 aromatic rings. The van der Waals surface area contributed by atoms with Crippen LogP contribution >= 0.6 is 0 Å². The summed E-state index contributed by atoms with van der Waals surface area (Å²) >= 11 is 0. The Morgan fingerprint density at radius 3 is 2.13 bits per heavy atom. The van der Waals surface area contributed by atoms with E-state index in [0.29, 0.717) is 12.0 Å². The first-order valence-corrected chi connectivity index (χ1v) is 5.89. The summed E-state index contributed by atoms with van der Waals surface area (Å²) in [6.07, 6.45) is 1.10. The largest absolute Gasteiger partial charge is 0.342 e. The Morgan fingerprint density at radius 2 is 1.73 bits per heavy atom. The Kier molecular flexibility index (Phi) is 6.57. The van der Waals surface area contributed by atoms with Crippen molar-refractivity contribution in [3.8, 4) is 0 Å². The fourth-order valence-electron chi connectivity index (χ4n) is 1.35. The summed E-state index contributed by atoms with van der Waals surface area (Å²) in [5.74, 6) is 0.203. The Morgan fingerprint density at radius 1 is 1.20 bits per heavy atom. The van der Waals surface area contributed by atoms with Gasteiger partial charge in [0.25, 0.3) is 0 Å². The maximum atomic E-state index is 11.6. The van der Waals surface area contributed by atoms with E-state index < -0.39 is 0 Å². The number of nitrogens with zero attached hydrogens (tertiary/aromatic N) is 1. The number of likely N-dealkylation sites (N-methyl/N-ethyl adjacent to an activating group) is 1. The van der Waals surface area contributed by atoms with Crippen LogP contribution in [0, 0.1) is 5.41 Å². The third kappa shape index (κ3) is 7.37. The van der Waals surface area contributed by atoms with Crippen LogP contribution in [0.4, 0.5) is 0 Å². The van der Waals surface area contributed by atoms with Gasteiger partial charge in [-0.15, -0.1) is 0 Å². The molecular weight excluding hydrogens is 188 g/mol. The Balaban J connectivity index is 3.63. The highest BCUT2D eigenvalue weighted by Crippen LogP contribution is 2.16. The molecule has 15 heavy (non-hydrogen) atoms. The minimum Gasteiger partial charge on any atom is -0.342 e. The van der Waals surface area contributed by atoms with Crippen molar-refractivity contribution in [2.75, 3.05) is 26.2 Å². The first kappa shape index (κ1) is 14.4. The molecule has 3 nitrogen and oxygen atoms in total. The van der Waals surface area contributed by atoms with Gasteiger partial charge >= 0.3 is 0 Å². The maximum Gasteiger partial charge on any atom is 0.236 e. The van der Waals surface area contributed by atoms with Gasteiger partial charge in [0, 0.05) is 13.1 Å². The van der Waals surface area contributed by atoms with E-state index in [1.165, 1.54) is 0 Å². The Labute approximate surface area is 94.2 Å². The zero-order valence-corrected chi connectivity index (χ0v) is 10.9. The van der Waals surface area contributed by atoms with Crippen molar-refractivity contribution in [3.05, 3.63) is 0 Å². The molecule has 0 bridgehead atoms. The molecule has 3 heteroatoms.